The van der Waals surface area contributed by atoms with Crippen LogP contribution < -0.4 is 11.6 Å². The van der Waals surface area contributed by atoms with E-state index in [1.54, 1.807) is 0 Å². The van der Waals surface area contributed by atoms with E-state index in [2.05, 4.69) is 10.7 Å². The standard InChI is InChI=1S/C7H11N3O4/c8-4-3-5(11)10(7(4)13)2-1-6(12)14-9/h4H,1-3,8-9H2. The average molecular weight is 201 g/mol. The van der Waals surface area contributed by atoms with Gasteiger partial charge in [0, 0.05) is 6.54 Å². The van der Waals surface area contributed by atoms with E-state index in [1.807, 2.05) is 0 Å². The van der Waals surface area contributed by atoms with E-state index in [0.717, 1.165) is 4.90 Å². The molecule has 1 fully saturated rings. The van der Waals surface area contributed by atoms with Gasteiger partial charge in [0.15, 0.2) is 0 Å². The highest BCUT2D eigenvalue weighted by Crippen LogP contribution is 2.11. The number of carbonyl (C=O) groups is 3. The molecule has 1 aliphatic rings. The van der Waals surface area contributed by atoms with Crippen LogP contribution in [0.15, 0.2) is 0 Å². The number of hydrogen-bond acceptors (Lipinski definition) is 6. The molecule has 4 N–H and O–H groups in total. The van der Waals surface area contributed by atoms with E-state index >= 15 is 0 Å². The molecule has 7 heteroatoms. The highest BCUT2D eigenvalue weighted by molar-refractivity contribution is 6.05. The summed E-state index contributed by atoms with van der Waals surface area (Å²) < 4.78 is 0. The van der Waals surface area contributed by atoms with E-state index in [9.17, 15) is 14.4 Å². The second-order valence-corrected chi connectivity index (χ2v) is 2.93. The maximum Gasteiger partial charge on any atom is 0.326 e. The van der Waals surface area contributed by atoms with E-state index in [1.165, 1.54) is 0 Å². The van der Waals surface area contributed by atoms with Gasteiger partial charge in [-0.25, -0.2) is 0 Å². The zero-order valence-electron chi connectivity index (χ0n) is 7.43. The number of amides is 2. The molecular formula is C7H11N3O4. The van der Waals surface area contributed by atoms with Crippen molar-refractivity contribution in [2.75, 3.05) is 6.54 Å². The fourth-order valence-corrected chi connectivity index (χ4v) is 1.21. The molecule has 0 saturated carbocycles. The number of imide groups is 1. The zero-order valence-corrected chi connectivity index (χ0v) is 7.43. The summed E-state index contributed by atoms with van der Waals surface area (Å²) in [5.41, 5.74) is 5.35. The Morgan fingerprint density at radius 3 is 2.64 bits per heavy atom. The molecule has 1 heterocycles. The zero-order chi connectivity index (χ0) is 10.7. The molecule has 1 rings (SSSR count). The fraction of sp³-hybridized carbons (Fsp3) is 0.571. The van der Waals surface area contributed by atoms with Gasteiger partial charge in [0.05, 0.1) is 18.9 Å². The predicted octanol–water partition coefficient (Wildman–Crippen LogP) is -2.12. The lowest BCUT2D eigenvalue weighted by molar-refractivity contribution is -0.145. The van der Waals surface area contributed by atoms with Crippen molar-refractivity contribution in [3.8, 4) is 0 Å². The molecule has 1 saturated heterocycles. The van der Waals surface area contributed by atoms with Gasteiger partial charge >= 0.3 is 5.97 Å². The smallest absolute Gasteiger partial charge is 0.326 e. The quantitative estimate of drug-likeness (QED) is 0.398. The summed E-state index contributed by atoms with van der Waals surface area (Å²) in [7, 11) is 0. The molecule has 0 spiro atoms. The Hall–Kier alpha value is -1.47. The maximum absolute atomic E-state index is 11.2. The van der Waals surface area contributed by atoms with Crippen LogP contribution in [-0.4, -0.2) is 35.3 Å². The van der Waals surface area contributed by atoms with Gasteiger partial charge in [-0.05, 0) is 0 Å². The summed E-state index contributed by atoms with van der Waals surface area (Å²) in [6.07, 6.45) is -0.114. The van der Waals surface area contributed by atoms with Crippen LogP contribution in [0.5, 0.6) is 0 Å². The summed E-state index contributed by atoms with van der Waals surface area (Å²) in [6, 6.07) is -0.781. The Labute approximate surface area is 79.9 Å². The Balaban J connectivity index is 2.48. The predicted molar refractivity (Wildman–Crippen MR) is 44.2 cm³/mol. The van der Waals surface area contributed by atoms with E-state index in [4.69, 9.17) is 5.73 Å². The van der Waals surface area contributed by atoms with Crippen LogP contribution in [0.1, 0.15) is 12.8 Å². The second kappa shape index (κ2) is 4.16. The van der Waals surface area contributed by atoms with E-state index < -0.39 is 17.9 Å². The number of nitrogens with two attached hydrogens (primary N) is 2. The summed E-state index contributed by atoms with van der Waals surface area (Å²) >= 11 is 0. The van der Waals surface area contributed by atoms with Crippen LogP contribution in [0.3, 0.4) is 0 Å². The van der Waals surface area contributed by atoms with Gasteiger partial charge in [-0.2, -0.15) is 5.90 Å². The number of hydrogen-bond donors (Lipinski definition) is 2. The first kappa shape index (κ1) is 10.6. The van der Waals surface area contributed by atoms with Crippen molar-refractivity contribution in [2.45, 2.75) is 18.9 Å². The van der Waals surface area contributed by atoms with Crippen LogP contribution in [0, 0.1) is 0 Å². The highest BCUT2D eigenvalue weighted by atomic mass is 16.7. The Morgan fingerprint density at radius 1 is 1.57 bits per heavy atom. The molecule has 0 aromatic rings. The van der Waals surface area contributed by atoms with Gasteiger partial charge in [0.2, 0.25) is 11.8 Å². The second-order valence-electron chi connectivity index (χ2n) is 2.93. The third-order valence-corrected chi connectivity index (χ3v) is 1.95. The molecular weight excluding hydrogens is 190 g/mol. The van der Waals surface area contributed by atoms with Crippen molar-refractivity contribution in [1.82, 2.24) is 4.90 Å². The lowest BCUT2D eigenvalue weighted by atomic mass is 10.3. The van der Waals surface area contributed by atoms with Crippen molar-refractivity contribution in [3.05, 3.63) is 0 Å². The van der Waals surface area contributed by atoms with Crippen LogP contribution in [-0.2, 0) is 19.2 Å². The van der Waals surface area contributed by atoms with Gasteiger partial charge in [-0.15, -0.1) is 0 Å². The lowest BCUT2D eigenvalue weighted by Gasteiger charge is -2.12. The van der Waals surface area contributed by atoms with Gasteiger partial charge in [0.25, 0.3) is 0 Å². The summed E-state index contributed by atoms with van der Waals surface area (Å²) in [6.45, 7) is -0.0264. The Kier molecular flexibility index (Phi) is 3.15. The number of carbonyl (C=O) groups excluding carboxylic acids is 3. The van der Waals surface area contributed by atoms with Crippen LogP contribution in [0.25, 0.3) is 0 Å². The molecule has 0 radical (unpaired) electrons. The highest BCUT2D eigenvalue weighted by Gasteiger charge is 2.35. The average Bonchev–Trinajstić information content (AvgIpc) is 2.39. The molecule has 1 unspecified atom stereocenters. The van der Waals surface area contributed by atoms with Crippen molar-refractivity contribution in [1.29, 1.82) is 0 Å². The summed E-state index contributed by atoms with van der Waals surface area (Å²) in [5, 5.41) is 0. The normalized spacial score (nSPS) is 21.6. The monoisotopic (exact) mass is 201 g/mol. The molecule has 7 nitrogen and oxygen atoms in total. The van der Waals surface area contributed by atoms with Crippen LogP contribution in [0.2, 0.25) is 0 Å². The number of nitrogens with zero attached hydrogens (tertiary/aromatic N) is 1. The summed E-state index contributed by atoms with van der Waals surface area (Å²) in [4.78, 5) is 37.8. The van der Waals surface area contributed by atoms with E-state index in [-0.39, 0.29) is 25.3 Å². The summed E-state index contributed by atoms with van der Waals surface area (Å²) in [5.74, 6) is 3.09. The molecule has 0 aliphatic carbocycles. The van der Waals surface area contributed by atoms with Crippen molar-refractivity contribution >= 4 is 17.8 Å². The first-order valence-electron chi connectivity index (χ1n) is 4.05. The SMILES string of the molecule is NOC(=O)CCN1C(=O)CC(N)C1=O. The molecule has 14 heavy (non-hydrogen) atoms. The third kappa shape index (κ3) is 2.06. The van der Waals surface area contributed by atoms with Crippen LogP contribution in [0.4, 0.5) is 0 Å². The Morgan fingerprint density at radius 2 is 2.21 bits per heavy atom. The van der Waals surface area contributed by atoms with E-state index in [0.29, 0.717) is 0 Å². The van der Waals surface area contributed by atoms with Gasteiger partial charge < -0.3 is 10.6 Å². The number of rotatable bonds is 3. The molecule has 0 aromatic carbocycles. The minimum atomic E-state index is -0.781. The maximum atomic E-state index is 11.2. The molecule has 2 amide bonds. The first-order chi connectivity index (χ1) is 6.56. The van der Waals surface area contributed by atoms with Crippen molar-refractivity contribution in [2.24, 2.45) is 11.6 Å². The molecule has 1 atom stereocenters. The van der Waals surface area contributed by atoms with Crippen molar-refractivity contribution in [3.63, 3.8) is 0 Å². The van der Waals surface area contributed by atoms with Crippen molar-refractivity contribution < 1.29 is 19.2 Å². The lowest BCUT2D eigenvalue weighted by Crippen LogP contribution is -2.36. The first-order valence-corrected chi connectivity index (χ1v) is 4.05. The topological polar surface area (TPSA) is 116 Å². The van der Waals surface area contributed by atoms with Crippen LogP contribution >= 0.6 is 0 Å². The molecule has 0 bridgehead atoms. The Bertz CT molecular complexity index is 278. The van der Waals surface area contributed by atoms with Gasteiger partial charge in [-0.1, -0.05) is 0 Å². The van der Waals surface area contributed by atoms with Gasteiger partial charge in [-0.3, -0.25) is 19.3 Å². The minimum absolute atomic E-state index is 0.00347. The minimum Gasteiger partial charge on any atom is -0.373 e. The molecule has 1 aliphatic heterocycles. The largest absolute Gasteiger partial charge is 0.373 e. The third-order valence-electron chi connectivity index (χ3n) is 1.95. The van der Waals surface area contributed by atoms with Gasteiger partial charge in [0.1, 0.15) is 0 Å². The molecule has 0 aromatic heterocycles. The molecule has 78 valence electrons. The fourth-order valence-electron chi connectivity index (χ4n) is 1.21. The number of likely N-dealkylation sites (tertiary alicyclic amines) is 1.